The van der Waals surface area contributed by atoms with Crippen LogP contribution in [0.1, 0.15) is 44.4 Å². The molecule has 2 amide bonds. The first-order valence-electron chi connectivity index (χ1n) is 11.4. The molecule has 0 radical (unpaired) electrons. The average molecular weight is 459 g/mol. The number of rotatable bonds is 6. The van der Waals surface area contributed by atoms with Gasteiger partial charge in [-0.2, -0.15) is 0 Å². The molecule has 8 heteroatoms. The van der Waals surface area contributed by atoms with E-state index in [-0.39, 0.29) is 12.0 Å². The molecular weight excluding hydrogens is 432 g/mol. The summed E-state index contributed by atoms with van der Waals surface area (Å²) in [4.78, 5) is 30.7. The van der Waals surface area contributed by atoms with E-state index in [2.05, 4.69) is 15.2 Å². The molecule has 0 spiro atoms. The van der Waals surface area contributed by atoms with Gasteiger partial charge in [-0.15, -0.1) is 0 Å². The Bertz CT molecular complexity index is 1210. The molecule has 2 aliphatic rings. The van der Waals surface area contributed by atoms with Crippen LogP contribution >= 0.6 is 0 Å². The minimum absolute atomic E-state index is 0.148. The summed E-state index contributed by atoms with van der Waals surface area (Å²) in [5.74, 6) is -0.207. The third kappa shape index (κ3) is 4.58. The molecule has 34 heavy (non-hydrogen) atoms. The van der Waals surface area contributed by atoms with Crippen LogP contribution in [0.2, 0.25) is 0 Å². The average Bonchev–Trinajstić information content (AvgIpc) is 3.28. The van der Waals surface area contributed by atoms with Crippen LogP contribution in [0.25, 0.3) is 0 Å². The van der Waals surface area contributed by atoms with Crippen LogP contribution < -0.4 is 20.7 Å². The number of hydrogen-bond acceptors (Lipinski definition) is 6. The predicted molar refractivity (Wildman–Crippen MR) is 128 cm³/mol. The van der Waals surface area contributed by atoms with E-state index in [0.717, 1.165) is 61.6 Å². The number of nitrogens with one attached hydrogen (secondary N) is 1. The number of nitrogens with two attached hydrogens (primary N) is 1. The second-order valence-corrected chi connectivity index (χ2v) is 8.39. The Balaban J connectivity index is 1.29. The van der Waals surface area contributed by atoms with Gasteiger partial charge in [0.15, 0.2) is 0 Å². The summed E-state index contributed by atoms with van der Waals surface area (Å²) in [5.41, 5.74) is 10.2. The van der Waals surface area contributed by atoms with Gasteiger partial charge in [-0.1, -0.05) is 12.1 Å². The number of ether oxygens (including phenoxy) is 2. The van der Waals surface area contributed by atoms with Crippen molar-refractivity contribution in [3.8, 4) is 5.75 Å². The molecule has 1 saturated heterocycles. The molecule has 0 bridgehead atoms. The zero-order chi connectivity index (χ0) is 23.5. The van der Waals surface area contributed by atoms with E-state index in [1.165, 1.54) is 6.20 Å². The zero-order valence-corrected chi connectivity index (χ0v) is 18.7. The van der Waals surface area contributed by atoms with Crippen LogP contribution in [0, 0.1) is 0 Å². The van der Waals surface area contributed by atoms with E-state index in [9.17, 15) is 9.59 Å². The number of fused-ring (bicyclic) bond motifs is 1. The van der Waals surface area contributed by atoms with Gasteiger partial charge in [0.25, 0.3) is 5.91 Å². The first-order chi connectivity index (χ1) is 16.6. The van der Waals surface area contributed by atoms with Gasteiger partial charge in [0, 0.05) is 36.2 Å². The van der Waals surface area contributed by atoms with Crippen molar-refractivity contribution < 1.29 is 19.1 Å². The van der Waals surface area contributed by atoms with Gasteiger partial charge in [-0.05, 0) is 60.4 Å². The van der Waals surface area contributed by atoms with Crippen LogP contribution in [0.4, 0.5) is 11.4 Å². The Morgan fingerprint density at radius 1 is 1.06 bits per heavy atom. The molecule has 2 heterocycles. The quantitative estimate of drug-likeness (QED) is 0.587. The zero-order valence-electron chi connectivity index (χ0n) is 18.7. The highest BCUT2D eigenvalue weighted by molar-refractivity contribution is 6.05. The van der Waals surface area contributed by atoms with Gasteiger partial charge in [0.2, 0.25) is 5.91 Å². The van der Waals surface area contributed by atoms with Gasteiger partial charge < -0.3 is 25.4 Å². The first kappa shape index (κ1) is 21.9. The van der Waals surface area contributed by atoms with E-state index < -0.39 is 5.91 Å². The van der Waals surface area contributed by atoms with E-state index in [0.29, 0.717) is 16.9 Å². The molecule has 1 aliphatic carbocycles. The molecule has 0 saturated carbocycles. The standard InChI is InChI=1S/C26H26N4O4/c27-25(31)18-14-20(16-28-15-18)34-24-9-8-21-22(24)2-1-3-23(21)29-26(32)17-4-6-19(7-5-17)30-10-12-33-13-11-30/h1-7,14-16,24H,8-13H2,(H2,27,31)(H,29,32)/t24-/m0/s1. The summed E-state index contributed by atoms with van der Waals surface area (Å²) >= 11 is 0. The SMILES string of the molecule is NC(=O)c1cncc(O[C@H]2CCc3c(NC(=O)c4ccc(N5CCOCC5)cc4)cccc32)c1. The lowest BCUT2D eigenvalue weighted by molar-refractivity contribution is 0.0996. The van der Waals surface area contributed by atoms with Crippen LogP contribution in [0.5, 0.6) is 5.75 Å². The fraction of sp³-hybridized carbons (Fsp3) is 0.269. The summed E-state index contributed by atoms with van der Waals surface area (Å²) in [5, 5.41) is 3.06. The summed E-state index contributed by atoms with van der Waals surface area (Å²) < 4.78 is 11.5. The van der Waals surface area contributed by atoms with Crippen molar-refractivity contribution in [2.75, 3.05) is 36.5 Å². The number of nitrogens with zero attached hydrogens (tertiary/aromatic N) is 2. The van der Waals surface area contributed by atoms with Gasteiger partial charge >= 0.3 is 0 Å². The first-order valence-corrected chi connectivity index (χ1v) is 11.4. The molecule has 8 nitrogen and oxygen atoms in total. The van der Waals surface area contributed by atoms with Crippen molar-refractivity contribution in [1.82, 2.24) is 4.98 Å². The van der Waals surface area contributed by atoms with E-state index in [4.69, 9.17) is 15.2 Å². The molecular formula is C26H26N4O4. The molecule has 3 aromatic rings. The van der Waals surface area contributed by atoms with Crippen molar-refractivity contribution in [3.05, 3.63) is 83.2 Å². The topological polar surface area (TPSA) is 107 Å². The Morgan fingerprint density at radius 2 is 1.85 bits per heavy atom. The second-order valence-electron chi connectivity index (χ2n) is 8.39. The number of amides is 2. The minimum Gasteiger partial charge on any atom is -0.484 e. The van der Waals surface area contributed by atoms with Gasteiger partial charge in [0.05, 0.1) is 25.0 Å². The number of primary amides is 1. The molecule has 2 aromatic carbocycles. The number of morpholine rings is 1. The van der Waals surface area contributed by atoms with Crippen molar-refractivity contribution in [3.63, 3.8) is 0 Å². The number of aromatic nitrogens is 1. The number of carbonyl (C=O) groups is 2. The number of carbonyl (C=O) groups excluding carboxylic acids is 2. The van der Waals surface area contributed by atoms with E-state index in [1.54, 1.807) is 12.3 Å². The molecule has 174 valence electrons. The summed E-state index contributed by atoms with van der Waals surface area (Å²) in [6, 6.07) is 15.1. The Morgan fingerprint density at radius 3 is 2.62 bits per heavy atom. The van der Waals surface area contributed by atoms with Crippen LogP contribution in [-0.4, -0.2) is 43.1 Å². The highest BCUT2D eigenvalue weighted by Crippen LogP contribution is 2.38. The fourth-order valence-corrected chi connectivity index (χ4v) is 4.48. The Labute approximate surface area is 197 Å². The monoisotopic (exact) mass is 458 g/mol. The van der Waals surface area contributed by atoms with Crippen LogP contribution in [0.3, 0.4) is 0 Å². The third-order valence-corrected chi connectivity index (χ3v) is 6.25. The lowest BCUT2D eigenvalue weighted by Crippen LogP contribution is -2.36. The number of hydrogen-bond donors (Lipinski definition) is 2. The molecule has 1 aromatic heterocycles. The van der Waals surface area contributed by atoms with Crippen molar-refractivity contribution in [2.24, 2.45) is 5.73 Å². The lowest BCUT2D eigenvalue weighted by Gasteiger charge is -2.28. The van der Waals surface area contributed by atoms with Crippen LogP contribution in [-0.2, 0) is 11.2 Å². The highest BCUT2D eigenvalue weighted by atomic mass is 16.5. The van der Waals surface area contributed by atoms with Gasteiger partial charge in [0.1, 0.15) is 11.9 Å². The van der Waals surface area contributed by atoms with Crippen molar-refractivity contribution >= 4 is 23.2 Å². The minimum atomic E-state index is -0.548. The normalized spacial score (nSPS) is 17.2. The van der Waals surface area contributed by atoms with E-state index in [1.807, 2.05) is 42.5 Å². The van der Waals surface area contributed by atoms with Crippen molar-refractivity contribution in [2.45, 2.75) is 18.9 Å². The predicted octanol–water partition coefficient (Wildman–Crippen LogP) is 3.34. The van der Waals surface area contributed by atoms with E-state index >= 15 is 0 Å². The maximum Gasteiger partial charge on any atom is 0.255 e. The van der Waals surface area contributed by atoms with Crippen LogP contribution in [0.15, 0.2) is 60.9 Å². The lowest BCUT2D eigenvalue weighted by atomic mass is 10.1. The Kier molecular flexibility index (Phi) is 6.14. The molecule has 1 aliphatic heterocycles. The molecule has 3 N–H and O–H groups in total. The summed E-state index contributed by atoms with van der Waals surface area (Å²) in [6.45, 7) is 3.15. The molecule has 0 unspecified atom stereocenters. The molecule has 1 fully saturated rings. The van der Waals surface area contributed by atoms with Crippen molar-refractivity contribution in [1.29, 1.82) is 0 Å². The second kappa shape index (κ2) is 9.52. The Hall–Kier alpha value is -3.91. The third-order valence-electron chi connectivity index (χ3n) is 6.25. The maximum absolute atomic E-state index is 12.9. The molecule has 1 atom stereocenters. The number of anilines is 2. The van der Waals surface area contributed by atoms with Gasteiger partial charge in [-0.3, -0.25) is 14.6 Å². The fourth-order valence-electron chi connectivity index (χ4n) is 4.48. The largest absolute Gasteiger partial charge is 0.484 e. The summed E-state index contributed by atoms with van der Waals surface area (Å²) in [6.07, 6.45) is 4.33. The summed E-state index contributed by atoms with van der Waals surface area (Å²) in [7, 11) is 0. The molecule has 5 rings (SSSR count). The van der Waals surface area contributed by atoms with Gasteiger partial charge in [-0.25, -0.2) is 0 Å². The highest BCUT2D eigenvalue weighted by Gasteiger charge is 2.27. The maximum atomic E-state index is 12.9. The number of pyridine rings is 1. The smallest absolute Gasteiger partial charge is 0.255 e. The number of benzene rings is 2.